The highest BCUT2D eigenvalue weighted by Gasteiger charge is 2.15. The minimum atomic E-state index is -0.421. The minimum absolute atomic E-state index is 0.135. The van der Waals surface area contributed by atoms with Gasteiger partial charge in [0.15, 0.2) is 0 Å². The van der Waals surface area contributed by atoms with Gasteiger partial charge in [0.25, 0.3) is 11.8 Å². The van der Waals surface area contributed by atoms with Crippen LogP contribution in [0, 0.1) is 0 Å². The second-order valence-corrected chi connectivity index (χ2v) is 7.26. The van der Waals surface area contributed by atoms with Gasteiger partial charge in [0.1, 0.15) is 11.4 Å². The summed E-state index contributed by atoms with van der Waals surface area (Å²) < 4.78 is 6.36. The first-order valence-corrected chi connectivity index (χ1v) is 10.2. The number of benzene rings is 3. The van der Waals surface area contributed by atoms with Crippen LogP contribution in [0.1, 0.15) is 22.8 Å². The van der Waals surface area contributed by atoms with Crippen LogP contribution in [0.4, 0.5) is 5.69 Å². The maximum Gasteiger partial charge on any atom is 0.272 e. The van der Waals surface area contributed by atoms with E-state index in [2.05, 4.69) is 26.6 Å². The highest BCUT2D eigenvalue weighted by molar-refractivity contribution is 9.10. The van der Waals surface area contributed by atoms with Crippen molar-refractivity contribution in [3.8, 4) is 5.75 Å². The first-order valence-electron chi connectivity index (χ1n) is 9.43. The van der Waals surface area contributed by atoms with Crippen LogP contribution >= 0.6 is 15.9 Å². The quantitative estimate of drug-likeness (QED) is 0.468. The molecule has 0 atom stereocenters. The maximum absolute atomic E-state index is 12.9. The fourth-order valence-corrected chi connectivity index (χ4v) is 2.93. The highest BCUT2D eigenvalue weighted by atomic mass is 79.9. The number of anilines is 1. The summed E-state index contributed by atoms with van der Waals surface area (Å²) >= 11 is 3.37. The van der Waals surface area contributed by atoms with Crippen molar-refractivity contribution in [2.75, 3.05) is 11.9 Å². The Labute approximate surface area is 183 Å². The van der Waals surface area contributed by atoms with Crippen LogP contribution in [0.2, 0.25) is 0 Å². The average Bonchev–Trinajstić information content (AvgIpc) is 2.77. The molecule has 0 aromatic heterocycles. The molecule has 152 valence electrons. The number of amides is 2. The molecular formula is C24H21BrN2O3. The van der Waals surface area contributed by atoms with Gasteiger partial charge in [-0.15, -0.1) is 0 Å². The molecule has 0 aliphatic carbocycles. The standard InChI is InChI=1S/C24H21BrN2O3/c1-2-30-21-14-8-17(9-15-21)16-22(27-23(28)18-6-4-3-5-7-18)24(29)26-20-12-10-19(25)11-13-20/h3-16H,2H2,1H3,(H,26,29)(H,27,28)/b22-16+. The predicted molar refractivity (Wildman–Crippen MR) is 122 cm³/mol. The Morgan fingerprint density at radius 3 is 2.23 bits per heavy atom. The van der Waals surface area contributed by atoms with Crippen molar-refractivity contribution in [1.82, 2.24) is 5.32 Å². The van der Waals surface area contributed by atoms with E-state index in [1.54, 1.807) is 42.5 Å². The monoisotopic (exact) mass is 464 g/mol. The third-order valence-corrected chi connectivity index (χ3v) is 4.66. The van der Waals surface area contributed by atoms with Gasteiger partial charge in [-0.25, -0.2) is 0 Å². The zero-order valence-electron chi connectivity index (χ0n) is 16.4. The highest BCUT2D eigenvalue weighted by Crippen LogP contribution is 2.17. The van der Waals surface area contributed by atoms with Gasteiger partial charge in [-0.2, -0.15) is 0 Å². The predicted octanol–water partition coefficient (Wildman–Crippen LogP) is 5.26. The average molecular weight is 465 g/mol. The van der Waals surface area contributed by atoms with E-state index < -0.39 is 5.91 Å². The lowest BCUT2D eigenvalue weighted by molar-refractivity contribution is -0.113. The molecule has 5 nitrogen and oxygen atoms in total. The van der Waals surface area contributed by atoms with Crippen LogP contribution in [0.5, 0.6) is 5.75 Å². The third kappa shape index (κ3) is 6.06. The van der Waals surface area contributed by atoms with Gasteiger partial charge in [0.05, 0.1) is 6.61 Å². The number of nitrogens with one attached hydrogen (secondary N) is 2. The summed E-state index contributed by atoms with van der Waals surface area (Å²) in [6.07, 6.45) is 1.63. The molecule has 0 aliphatic rings. The van der Waals surface area contributed by atoms with Crippen LogP contribution in [0.3, 0.4) is 0 Å². The number of rotatable bonds is 7. The Balaban J connectivity index is 1.85. The number of carbonyl (C=O) groups excluding carboxylic acids is 2. The number of carbonyl (C=O) groups is 2. The van der Waals surface area contributed by atoms with E-state index in [-0.39, 0.29) is 11.6 Å². The number of hydrogen-bond donors (Lipinski definition) is 2. The fraction of sp³-hybridized carbons (Fsp3) is 0.0833. The van der Waals surface area contributed by atoms with Crippen LogP contribution in [-0.2, 0) is 4.79 Å². The van der Waals surface area contributed by atoms with Crippen molar-refractivity contribution >= 4 is 39.5 Å². The Bertz CT molecular complexity index is 1030. The first-order chi connectivity index (χ1) is 14.5. The Morgan fingerprint density at radius 2 is 1.60 bits per heavy atom. The van der Waals surface area contributed by atoms with Crippen molar-refractivity contribution in [1.29, 1.82) is 0 Å². The van der Waals surface area contributed by atoms with Crippen LogP contribution in [0.25, 0.3) is 6.08 Å². The molecule has 3 rings (SSSR count). The van der Waals surface area contributed by atoms with Crippen LogP contribution in [-0.4, -0.2) is 18.4 Å². The summed E-state index contributed by atoms with van der Waals surface area (Å²) in [7, 11) is 0. The molecule has 2 N–H and O–H groups in total. The van der Waals surface area contributed by atoms with Gasteiger partial charge in [0, 0.05) is 15.7 Å². The van der Waals surface area contributed by atoms with Crippen molar-refractivity contribution in [3.05, 3.63) is 100 Å². The molecule has 2 amide bonds. The molecule has 30 heavy (non-hydrogen) atoms. The molecule has 0 heterocycles. The van der Waals surface area contributed by atoms with Gasteiger partial charge in [-0.3, -0.25) is 9.59 Å². The van der Waals surface area contributed by atoms with Gasteiger partial charge in [-0.05, 0) is 67.1 Å². The summed E-state index contributed by atoms with van der Waals surface area (Å²) in [6.45, 7) is 2.49. The van der Waals surface area contributed by atoms with Crippen molar-refractivity contribution < 1.29 is 14.3 Å². The lowest BCUT2D eigenvalue weighted by Crippen LogP contribution is -2.30. The van der Waals surface area contributed by atoms with Crippen molar-refractivity contribution in [2.45, 2.75) is 6.92 Å². The molecule has 0 saturated carbocycles. The molecule has 6 heteroatoms. The summed E-state index contributed by atoms with van der Waals surface area (Å²) in [5.41, 5.74) is 1.98. The van der Waals surface area contributed by atoms with E-state index in [1.165, 1.54) is 0 Å². The molecule has 0 saturated heterocycles. The molecule has 3 aromatic carbocycles. The summed E-state index contributed by atoms with van der Waals surface area (Å²) in [6, 6.07) is 23.2. The van der Waals surface area contributed by atoms with Crippen LogP contribution < -0.4 is 15.4 Å². The maximum atomic E-state index is 12.9. The summed E-state index contributed by atoms with van der Waals surface area (Å²) in [4.78, 5) is 25.5. The largest absolute Gasteiger partial charge is 0.494 e. The molecule has 0 aliphatic heterocycles. The molecule has 0 bridgehead atoms. The van der Waals surface area contributed by atoms with Gasteiger partial charge < -0.3 is 15.4 Å². The second kappa shape index (κ2) is 10.4. The zero-order chi connectivity index (χ0) is 21.3. The molecule has 0 spiro atoms. The lowest BCUT2D eigenvalue weighted by Gasteiger charge is -2.12. The molecule has 0 radical (unpaired) electrons. The van der Waals surface area contributed by atoms with E-state index in [0.717, 1.165) is 15.8 Å². The Kier molecular flexibility index (Phi) is 7.40. The smallest absolute Gasteiger partial charge is 0.272 e. The minimum Gasteiger partial charge on any atom is -0.494 e. The van der Waals surface area contributed by atoms with E-state index in [4.69, 9.17) is 4.74 Å². The fourth-order valence-electron chi connectivity index (χ4n) is 2.67. The summed E-state index contributed by atoms with van der Waals surface area (Å²) in [5, 5.41) is 5.53. The van der Waals surface area contributed by atoms with E-state index in [1.807, 2.05) is 49.4 Å². The van der Waals surface area contributed by atoms with E-state index >= 15 is 0 Å². The van der Waals surface area contributed by atoms with Gasteiger partial charge >= 0.3 is 0 Å². The van der Waals surface area contributed by atoms with Crippen molar-refractivity contribution in [2.24, 2.45) is 0 Å². The zero-order valence-corrected chi connectivity index (χ0v) is 18.0. The van der Waals surface area contributed by atoms with Gasteiger partial charge in [-0.1, -0.05) is 46.3 Å². The van der Waals surface area contributed by atoms with Crippen LogP contribution in [0.15, 0.2) is 89.0 Å². The number of ether oxygens (including phenoxy) is 1. The first kappa shape index (κ1) is 21.3. The van der Waals surface area contributed by atoms with Crippen molar-refractivity contribution in [3.63, 3.8) is 0 Å². The normalized spacial score (nSPS) is 10.9. The SMILES string of the molecule is CCOc1ccc(/C=C(/NC(=O)c2ccccc2)C(=O)Nc2ccc(Br)cc2)cc1. The number of halogens is 1. The number of hydrogen-bond acceptors (Lipinski definition) is 3. The topological polar surface area (TPSA) is 67.4 Å². The van der Waals surface area contributed by atoms with E-state index in [9.17, 15) is 9.59 Å². The Hall–Kier alpha value is -3.38. The second-order valence-electron chi connectivity index (χ2n) is 6.34. The molecule has 0 fully saturated rings. The van der Waals surface area contributed by atoms with E-state index in [0.29, 0.717) is 17.9 Å². The Morgan fingerprint density at radius 1 is 0.933 bits per heavy atom. The third-order valence-electron chi connectivity index (χ3n) is 4.13. The van der Waals surface area contributed by atoms with Gasteiger partial charge in [0.2, 0.25) is 0 Å². The molecule has 0 unspecified atom stereocenters. The lowest BCUT2D eigenvalue weighted by atomic mass is 10.1. The summed E-state index contributed by atoms with van der Waals surface area (Å²) in [5.74, 6) is -0.0435. The molecule has 3 aromatic rings. The molecular weight excluding hydrogens is 444 g/mol.